The van der Waals surface area contributed by atoms with Crippen LogP contribution in [-0.2, 0) is 15.9 Å². The Labute approximate surface area is 108 Å². The molecule has 0 heterocycles. The molecule has 3 nitrogen and oxygen atoms in total. The maximum Gasteiger partial charge on any atom is 0.243 e. The molecule has 0 saturated carbocycles. The molecule has 0 spiro atoms. The number of alkyl halides is 1. The molecule has 0 saturated heterocycles. The van der Waals surface area contributed by atoms with Crippen LogP contribution in [0.3, 0.4) is 0 Å². The van der Waals surface area contributed by atoms with Gasteiger partial charge < -0.3 is 0 Å². The van der Waals surface area contributed by atoms with Crippen molar-refractivity contribution in [2.45, 2.75) is 37.1 Å². The van der Waals surface area contributed by atoms with Crippen molar-refractivity contribution in [2.24, 2.45) is 0 Å². The Kier molecular flexibility index (Phi) is 4.98. The third kappa shape index (κ3) is 3.00. The van der Waals surface area contributed by atoms with E-state index >= 15 is 0 Å². The van der Waals surface area contributed by atoms with Crippen molar-refractivity contribution in [3.05, 3.63) is 29.8 Å². The van der Waals surface area contributed by atoms with Crippen molar-refractivity contribution >= 4 is 21.6 Å². The van der Waals surface area contributed by atoms with Gasteiger partial charge in [-0.1, -0.05) is 25.1 Å². The number of rotatable bonds is 5. The monoisotopic (exact) mass is 275 g/mol. The van der Waals surface area contributed by atoms with Crippen molar-refractivity contribution < 1.29 is 8.42 Å². The molecule has 0 aromatic heterocycles. The number of benzene rings is 1. The topological polar surface area (TPSA) is 37.4 Å². The summed E-state index contributed by atoms with van der Waals surface area (Å²) in [5, 5.41) is 0. The minimum Gasteiger partial charge on any atom is -0.207 e. The van der Waals surface area contributed by atoms with E-state index in [0.29, 0.717) is 10.5 Å². The first-order valence-corrected chi connectivity index (χ1v) is 7.54. The SMILES string of the molecule is CCC(C)N(C)S(=O)(=O)c1ccccc1CCl. The molecular weight excluding hydrogens is 258 g/mol. The van der Waals surface area contributed by atoms with E-state index in [9.17, 15) is 8.42 Å². The number of sulfonamides is 1. The Balaban J connectivity index is 3.22. The highest BCUT2D eigenvalue weighted by Crippen LogP contribution is 2.22. The second-order valence-corrected chi connectivity index (χ2v) is 6.25. The van der Waals surface area contributed by atoms with Gasteiger partial charge in [-0.2, -0.15) is 4.31 Å². The second kappa shape index (κ2) is 5.85. The van der Waals surface area contributed by atoms with Crippen molar-refractivity contribution in [1.82, 2.24) is 4.31 Å². The van der Waals surface area contributed by atoms with E-state index in [1.165, 1.54) is 4.31 Å². The molecule has 0 N–H and O–H groups in total. The first kappa shape index (κ1) is 14.5. The minimum atomic E-state index is -3.44. The van der Waals surface area contributed by atoms with Gasteiger partial charge >= 0.3 is 0 Å². The molecule has 0 aliphatic rings. The highest BCUT2D eigenvalue weighted by atomic mass is 35.5. The fraction of sp³-hybridized carbons (Fsp3) is 0.500. The average Bonchev–Trinajstić information content (AvgIpc) is 2.36. The van der Waals surface area contributed by atoms with E-state index in [4.69, 9.17) is 11.6 Å². The van der Waals surface area contributed by atoms with Crippen molar-refractivity contribution in [1.29, 1.82) is 0 Å². The fourth-order valence-corrected chi connectivity index (χ4v) is 3.48. The van der Waals surface area contributed by atoms with Crippen LogP contribution < -0.4 is 0 Å². The predicted molar refractivity (Wildman–Crippen MR) is 70.7 cm³/mol. The van der Waals surface area contributed by atoms with E-state index in [1.807, 2.05) is 13.8 Å². The van der Waals surface area contributed by atoms with Crippen LogP contribution in [0.15, 0.2) is 29.2 Å². The van der Waals surface area contributed by atoms with Crippen molar-refractivity contribution in [3.63, 3.8) is 0 Å². The van der Waals surface area contributed by atoms with Crippen LogP contribution in [-0.4, -0.2) is 25.8 Å². The van der Waals surface area contributed by atoms with Gasteiger partial charge in [-0.15, -0.1) is 11.6 Å². The third-order valence-corrected chi connectivity index (χ3v) is 5.35. The van der Waals surface area contributed by atoms with Gasteiger partial charge in [0.2, 0.25) is 10.0 Å². The van der Waals surface area contributed by atoms with Gasteiger partial charge in [0.1, 0.15) is 0 Å². The Morgan fingerprint density at radius 2 is 1.94 bits per heavy atom. The third-order valence-electron chi connectivity index (χ3n) is 2.99. The molecule has 0 aliphatic carbocycles. The number of halogens is 1. The zero-order chi connectivity index (χ0) is 13.1. The lowest BCUT2D eigenvalue weighted by Crippen LogP contribution is -2.35. The lowest BCUT2D eigenvalue weighted by atomic mass is 10.2. The summed E-state index contributed by atoms with van der Waals surface area (Å²) in [6.07, 6.45) is 0.777. The largest absolute Gasteiger partial charge is 0.243 e. The van der Waals surface area contributed by atoms with Crippen LogP contribution in [0.5, 0.6) is 0 Å². The molecule has 1 aromatic carbocycles. The van der Waals surface area contributed by atoms with Crippen molar-refractivity contribution in [3.8, 4) is 0 Å². The minimum absolute atomic E-state index is 0.0246. The molecule has 1 atom stereocenters. The lowest BCUT2D eigenvalue weighted by molar-refractivity contribution is 0.380. The fourth-order valence-electron chi connectivity index (χ4n) is 1.52. The van der Waals surface area contributed by atoms with Crippen molar-refractivity contribution in [2.75, 3.05) is 7.05 Å². The standard InChI is InChI=1S/C12H18ClNO2S/c1-4-10(2)14(3)17(15,16)12-8-6-5-7-11(12)9-13/h5-8,10H,4,9H2,1-3H3. The summed E-state index contributed by atoms with van der Waals surface area (Å²) in [5.74, 6) is 0.198. The molecule has 0 fully saturated rings. The molecule has 0 radical (unpaired) electrons. The zero-order valence-electron chi connectivity index (χ0n) is 10.4. The average molecular weight is 276 g/mol. The first-order valence-electron chi connectivity index (χ1n) is 5.57. The predicted octanol–water partition coefficient (Wildman–Crippen LogP) is 2.84. The Hall–Kier alpha value is -0.580. The normalized spacial score (nSPS) is 13.9. The van der Waals surface area contributed by atoms with Crippen LogP contribution in [0.1, 0.15) is 25.8 Å². The van der Waals surface area contributed by atoms with Gasteiger partial charge in [-0.3, -0.25) is 0 Å². The van der Waals surface area contributed by atoms with E-state index in [1.54, 1.807) is 31.3 Å². The van der Waals surface area contributed by atoms with Crippen LogP contribution in [0.2, 0.25) is 0 Å². The molecular formula is C12H18ClNO2S. The number of nitrogens with zero attached hydrogens (tertiary/aromatic N) is 1. The Bertz CT molecular complexity index is 473. The van der Waals surface area contributed by atoms with Gasteiger partial charge in [-0.05, 0) is 25.0 Å². The van der Waals surface area contributed by atoms with Gasteiger partial charge in [0.25, 0.3) is 0 Å². The van der Waals surface area contributed by atoms with Gasteiger partial charge in [0.05, 0.1) is 4.90 Å². The maximum atomic E-state index is 12.4. The Morgan fingerprint density at radius 3 is 2.47 bits per heavy atom. The van der Waals surface area contributed by atoms with Gasteiger partial charge in [0, 0.05) is 19.0 Å². The van der Waals surface area contributed by atoms with Crippen LogP contribution >= 0.6 is 11.6 Å². The molecule has 1 unspecified atom stereocenters. The van der Waals surface area contributed by atoms with E-state index in [-0.39, 0.29) is 11.9 Å². The lowest BCUT2D eigenvalue weighted by Gasteiger charge is -2.24. The second-order valence-electron chi connectivity index (χ2n) is 4.02. The highest BCUT2D eigenvalue weighted by molar-refractivity contribution is 7.89. The van der Waals surface area contributed by atoms with Gasteiger partial charge in [0.15, 0.2) is 0 Å². The molecule has 96 valence electrons. The van der Waals surface area contributed by atoms with Crippen LogP contribution in [0.25, 0.3) is 0 Å². The van der Waals surface area contributed by atoms with E-state index in [2.05, 4.69) is 0 Å². The summed E-state index contributed by atoms with van der Waals surface area (Å²) in [6, 6.07) is 6.83. The molecule has 0 bridgehead atoms. The summed E-state index contributed by atoms with van der Waals surface area (Å²) in [5.41, 5.74) is 0.643. The highest BCUT2D eigenvalue weighted by Gasteiger charge is 2.26. The zero-order valence-corrected chi connectivity index (χ0v) is 11.9. The van der Waals surface area contributed by atoms with Gasteiger partial charge in [-0.25, -0.2) is 8.42 Å². The summed E-state index contributed by atoms with van der Waals surface area (Å²) >= 11 is 5.77. The summed E-state index contributed by atoms with van der Waals surface area (Å²) in [7, 11) is -1.84. The number of hydrogen-bond donors (Lipinski definition) is 0. The molecule has 1 rings (SSSR count). The first-order chi connectivity index (χ1) is 7.95. The van der Waals surface area contributed by atoms with E-state index in [0.717, 1.165) is 6.42 Å². The molecule has 0 amide bonds. The maximum absolute atomic E-state index is 12.4. The smallest absolute Gasteiger partial charge is 0.207 e. The summed E-state index contributed by atoms with van der Waals surface area (Å²) < 4.78 is 26.2. The molecule has 1 aromatic rings. The summed E-state index contributed by atoms with van der Waals surface area (Å²) in [4.78, 5) is 0.304. The quantitative estimate of drug-likeness (QED) is 0.775. The molecule has 5 heteroatoms. The summed E-state index contributed by atoms with van der Waals surface area (Å²) in [6.45, 7) is 3.85. The molecule has 0 aliphatic heterocycles. The van der Waals surface area contributed by atoms with Crippen LogP contribution in [0, 0.1) is 0 Å². The molecule has 17 heavy (non-hydrogen) atoms. The number of hydrogen-bond acceptors (Lipinski definition) is 2. The van der Waals surface area contributed by atoms with E-state index < -0.39 is 10.0 Å². The van der Waals surface area contributed by atoms with Crippen LogP contribution in [0.4, 0.5) is 0 Å². The Morgan fingerprint density at radius 1 is 1.35 bits per heavy atom.